The number of carbonyl (C=O) groups excluding carboxylic acids is 1. The van der Waals surface area contributed by atoms with Gasteiger partial charge in [-0.2, -0.15) is 17.6 Å². The summed E-state index contributed by atoms with van der Waals surface area (Å²) in [4.78, 5) is 18.0. The van der Waals surface area contributed by atoms with Gasteiger partial charge in [0.2, 0.25) is 5.91 Å². The largest absolute Gasteiger partial charge is 0.279 e. The van der Waals surface area contributed by atoms with Gasteiger partial charge in [-0.1, -0.05) is 29.8 Å². The molecule has 1 fully saturated rings. The minimum atomic E-state index is 0.0681. The topological polar surface area (TPSA) is 61.9 Å². The average Bonchev–Trinajstić information content (AvgIpc) is 3.06. The summed E-state index contributed by atoms with van der Waals surface area (Å²) >= 11 is 4.25. The van der Waals surface area contributed by atoms with Crippen molar-refractivity contribution in [3.05, 3.63) is 29.8 Å². The number of rotatable bonds is 3. The number of aryl methyl sites for hydroxylation is 1. The fourth-order valence-corrected chi connectivity index (χ4v) is 2.56. The second kappa shape index (κ2) is 5.28. The van der Waals surface area contributed by atoms with Crippen LogP contribution in [0.4, 0.5) is 5.95 Å². The maximum Gasteiger partial charge on any atom is 0.251 e. The van der Waals surface area contributed by atoms with Crippen LogP contribution in [-0.2, 0) is 4.79 Å². The van der Waals surface area contributed by atoms with Crippen molar-refractivity contribution in [3.8, 4) is 11.4 Å². The first-order valence-corrected chi connectivity index (χ1v) is 7.21. The number of aromatic amines is 1. The maximum absolute atomic E-state index is 11.9. The molecule has 1 N–H and O–H groups in total. The Morgan fingerprint density at radius 2 is 2.15 bits per heavy atom. The van der Waals surface area contributed by atoms with Crippen LogP contribution in [0.2, 0.25) is 0 Å². The lowest BCUT2D eigenvalue weighted by molar-refractivity contribution is -0.117. The van der Waals surface area contributed by atoms with Crippen molar-refractivity contribution in [3.63, 3.8) is 0 Å². The fraction of sp³-hybridized carbons (Fsp3) is 0.357. The smallest absolute Gasteiger partial charge is 0.251 e. The summed E-state index contributed by atoms with van der Waals surface area (Å²) in [5, 5.41) is 7.06. The van der Waals surface area contributed by atoms with Crippen LogP contribution in [-0.4, -0.2) is 33.4 Å². The van der Waals surface area contributed by atoms with Gasteiger partial charge in [-0.3, -0.25) is 14.8 Å². The van der Waals surface area contributed by atoms with Crippen LogP contribution in [0, 0.1) is 12.8 Å². The van der Waals surface area contributed by atoms with E-state index >= 15 is 0 Å². The van der Waals surface area contributed by atoms with Crippen molar-refractivity contribution in [2.24, 2.45) is 5.92 Å². The first-order chi connectivity index (χ1) is 9.67. The van der Waals surface area contributed by atoms with E-state index < -0.39 is 0 Å². The van der Waals surface area contributed by atoms with Gasteiger partial charge in [0, 0.05) is 18.5 Å². The molecular weight excluding hydrogens is 272 g/mol. The number of nitrogens with one attached hydrogen (secondary N) is 1. The molecule has 0 saturated carbocycles. The van der Waals surface area contributed by atoms with E-state index in [0.717, 1.165) is 5.56 Å². The Labute approximate surface area is 122 Å². The van der Waals surface area contributed by atoms with Gasteiger partial charge in [0.05, 0.1) is 0 Å². The number of hydrogen-bond donors (Lipinski definition) is 2. The number of hydrogen-bond acceptors (Lipinski definition) is 4. The number of H-pyrrole nitrogens is 1. The van der Waals surface area contributed by atoms with Crippen LogP contribution >= 0.6 is 12.6 Å². The van der Waals surface area contributed by atoms with Crippen LogP contribution in [0.5, 0.6) is 0 Å². The zero-order valence-electron chi connectivity index (χ0n) is 11.2. The van der Waals surface area contributed by atoms with Crippen LogP contribution < -0.4 is 4.90 Å². The van der Waals surface area contributed by atoms with Gasteiger partial charge in [-0.15, -0.1) is 5.10 Å². The van der Waals surface area contributed by atoms with Crippen LogP contribution in [0.1, 0.15) is 12.0 Å². The predicted octanol–water partition coefficient (Wildman–Crippen LogP) is 2.06. The highest BCUT2D eigenvalue weighted by molar-refractivity contribution is 7.80. The molecule has 1 atom stereocenters. The molecule has 1 amide bonds. The van der Waals surface area contributed by atoms with Crippen molar-refractivity contribution in [1.29, 1.82) is 0 Å². The summed E-state index contributed by atoms with van der Waals surface area (Å²) in [5.41, 5.74) is 2.16. The lowest BCUT2D eigenvalue weighted by Crippen LogP contribution is -2.25. The Kier molecular flexibility index (Phi) is 3.48. The van der Waals surface area contributed by atoms with Crippen molar-refractivity contribution in [2.75, 3.05) is 17.2 Å². The van der Waals surface area contributed by atoms with Crippen molar-refractivity contribution in [2.45, 2.75) is 13.3 Å². The third-order valence-electron chi connectivity index (χ3n) is 3.50. The highest BCUT2D eigenvalue weighted by atomic mass is 32.1. The molecule has 2 aromatic rings. The van der Waals surface area contributed by atoms with Crippen molar-refractivity contribution in [1.82, 2.24) is 15.2 Å². The SMILES string of the molecule is Cc1ccc(-c2nc(N3CC(CS)CC3=O)n[nH]2)cc1. The van der Waals surface area contributed by atoms with Gasteiger partial charge < -0.3 is 0 Å². The lowest BCUT2D eigenvalue weighted by atomic mass is 10.1. The molecule has 20 heavy (non-hydrogen) atoms. The summed E-state index contributed by atoms with van der Waals surface area (Å²) in [6, 6.07) is 8.02. The van der Waals surface area contributed by atoms with E-state index in [2.05, 4.69) is 27.8 Å². The lowest BCUT2D eigenvalue weighted by Gasteiger charge is -2.10. The van der Waals surface area contributed by atoms with Crippen LogP contribution in [0.25, 0.3) is 11.4 Å². The van der Waals surface area contributed by atoms with Gasteiger partial charge in [-0.25, -0.2) is 0 Å². The summed E-state index contributed by atoms with van der Waals surface area (Å²) in [5.74, 6) is 2.19. The Bertz CT molecular complexity index is 622. The Hall–Kier alpha value is -1.82. The van der Waals surface area contributed by atoms with E-state index in [9.17, 15) is 4.79 Å². The van der Waals surface area contributed by atoms with Crippen molar-refractivity contribution < 1.29 is 4.79 Å². The number of nitrogens with zero attached hydrogens (tertiary/aromatic N) is 3. The first kappa shape index (κ1) is 13.2. The van der Waals surface area contributed by atoms with E-state index in [4.69, 9.17) is 0 Å². The molecule has 0 radical (unpaired) electrons. The molecule has 0 bridgehead atoms. The Morgan fingerprint density at radius 1 is 1.40 bits per heavy atom. The second-order valence-corrected chi connectivity index (χ2v) is 5.47. The number of aromatic nitrogens is 3. The minimum absolute atomic E-state index is 0.0681. The number of thiol groups is 1. The predicted molar refractivity (Wildman–Crippen MR) is 80.9 cm³/mol. The van der Waals surface area contributed by atoms with Gasteiger partial charge >= 0.3 is 0 Å². The number of amides is 1. The van der Waals surface area contributed by atoms with Gasteiger partial charge in [0.1, 0.15) is 0 Å². The highest BCUT2D eigenvalue weighted by Gasteiger charge is 2.32. The number of benzene rings is 1. The standard InChI is InChI=1S/C14H16N4OS/c1-9-2-4-11(5-3-9)13-15-14(17-16-13)18-7-10(8-20)6-12(18)19/h2-5,10,20H,6-8H2,1H3,(H,15,16,17). The van der Waals surface area contributed by atoms with Gasteiger partial charge in [0.25, 0.3) is 5.95 Å². The van der Waals surface area contributed by atoms with Crippen molar-refractivity contribution >= 4 is 24.5 Å². The molecule has 0 aliphatic carbocycles. The zero-order chi connectivity index (χ0) is 14.1. The minimum Gasteiger partial charge on any atom is -0.279 e. The molecule has 1 aromatic carbocycles. The summed E-state index contributed by atoms with van der Waals surface area (Å²) in [6.07, 6.45) is 0.526. The number of anilines is 1. The molecule has 1 aliphatic rings. The molecule has 1 aliphatic heterocycles. The van der Waals surface area contributed by atoms with E-state index in [1.165, 1.54) is 5.56 Å². The monoisotopic (exact) mass is 288 g/mol. The molecule has 6 heteroatoms. The third-order valence-corrected chi connectivity index (χ3v) is 4.02. The molecule has 1 unspecified atom stereocenters. The van der Waals surface area contributed by atoms with Gasteiger partial charge in [-0.05, 0) is 18.6 Å². The summed E-state index contributed by atoms with van der Waals surface area (Å²) < 4.78 is 0. The van der Waals surface area contributed by atoms with E-state index in [1.54, 1.807) is 4.90 Å². The summed E-state index contributed by atoms with van der Waals surface area (Å²) in [6.45, 7) is 2.68. The van der Waals surface area contributed by atoms with Crippen LogP contribution in [0.3, 0.4) is 0 Å². The molecule has 5 nitrogen and oxygen atoms in total. The molecule has 2 heterocycles. The van der Waals surface area contributed by atoms with E-state index in [1.807, 2.05) is 31.2 Å². The fourth-order valence-electron chi connectivity index (χ4n) is 2.31. The highest BCUT2D eigenvalue weighted by Crippen LogP contribution is 2.24. The van der Waals surface area contributed by atoms with E-state index in [0.29, 0.717) is 30.5 Å². The molecule has 3 rings (SSSR count). The second-order valence-electron chi connectivity index (χ2n) is 5.11. The van der Waals surface area contributed by atoms with Crippen LogP contribution in [0.15, 0.2) is 24.3 Å². The molecule has 104 valence electrons. The zero-order valence-corrected chi connectivity index (χ0v) is 12.1. The first-order valence-electron chi connectivity index (χ1n) is 6.58. The summed E-state index contributed by atoms with van der Waals surface area (Å²) in [7, 11) is 0. The van der Waals surface area contributed by atoms with E-state index in [-0.39, 0.29) is 11.8 Å². The Balaban J connectivity index is 1.83. The molecule has 1 aromatic heterocycles. The molecule has 0 spiro atoms. The third kappa shape index (κ3) is 2.43. The Morgan fingerprint density at radius 3 is 2.80 bits per heavy atom. The average molecular weight is 288 g/mol. The maximum atomic E-state index is 11.9. The number of carbonyl (C=O) groups is 1. The molecular formula is C14H16N4OS. The normalized spacial score (nSPS) is 18.8. The quantitative estimate of drug-likeness (QED) is 0.850. The van der Waals surface area contributed by atoms with Gasteiger partial charge in [0.15, 0.2) is 5.82 Å². The molecule has 1 saturated heterocycles.